The normalized spacial score (nSPS) is 15.7. The number of halogens is 1. The summed E-state index contributed by atoms with van der Waals surface area (Å²) >= 11 is 7.32. The topological polar surface area (TPSA) is 100 Å². The molecule has 160 valence electrons. The Balaban J connectivity index is 1.78. The van der Waals surface area contributed by atoms with Crippen molar-refractivity contribution in [3.8, 4) is 17.6 Å². The van der Waals surface area contributed by atoms with Crippen molar-refractivity contribution < 1.29 is 19.1 Å². The van der Waals surface area contributed by atoms with Crippen molar-refractivity contribution in [2.45, 2.75) is 12.3 Å². The van der Waals surface area contributed by atoms with Crippen LogP contribution in [0.1, 0.15) is 17.9 Å². The maximum Gasteiger partial charge on any atom is 0.234 e. The molecule has 2 aromatic rings. The van der Waals surface area contributed by atoms with Crippen molar-refractivity contribution in [1.29, 1.82) is 5.26 Å². The molecule has 1 aliphatic rings. The summed E-state index contributed by atoms with van der Waals surface area (Å²) in [4.78, 5) is 24.7. The fraction of sp³-hybridized carbons (Fsp3) is 0.227. The summed E-state index contributed by atoms with van der Waals surface area (Å²) in [5, 5.41) is 16.0. The molecule has 0 aliphatic carbocycles. The molecule has 2 amide bonds. The average Bonchev–Trinajstić information content (AvgIpc) is 2.77. The Morgan fingerprint density at radius 2 is 2.00 bits per heavy atom. The summed E-state index contributed by atoms with van der Waals surface area (Å²) in [7, 11) is 3.03. The zero-order valence-electron chi connectivity index (χ0n) is 16.9. The van der Waals surface area contributed by atoms with Gasteiger partial charge in [-0.05, 0) is 29.8 Å². The first-order valence-electron chi connectivity index (χ1n) is 9.30. The molecule has 1 aliphatic heterocycles. The number of hydrogen-bond acceptors (Lipinski definition) is 6. The third-order valence-electron chi connectivity index (χ3n) is 4.66. The van der Waals surface area contributed by atoms with Crippen molar-refractivity contribution in [1.82, 2.24) is 5.32 Å². The molecule has 0 bridgehead atoms. The van der Waals surface area contributed by atoms with Crippen LogP contribution in [-0.4, -0.2) is 31.8 Å². The monoisotopic (exact) mass is 457 g/mol. The number of hydrogen-bond donors (Lipinski definition) is 2. The van der Waals surface area contributed by atoms with Gasteiger partial charge in [0.05, 0.1) is 47.4 Å². The second-order valence-corrected chi connectivity index (χ2v) is 7.98. The zero-order valence-corrected chi connectivity index (χ0v) is 18.5. The zero-order chi connectivity index (χ0) is 22.4. The number of carbonyl (C=O) groups excluding carboxylic acids is 2. The maximum atomic E-state index is 12.4. The van der Waals surface area contributed by atoms with Crippen LogP contribution < -0.4 is 20.1 Å². The minimum absolute atomic E-state index is 0.00886. The van der Waals surface area contributed by atoms with E-state index in [0.29, 0.717) is 32.8 Å². The highest BCUT2D eigenvalue weighted by molar-refractivity contribution is 8.03. The highest BCUT2D eigenvalue weighted by Gasteiger charge is 2.30. The first-order valence-corrected chi connectivity index (χ1v) is 10.7. The molecule has 9 heteroatoms. The fourth-order valence-corrected chi connectivity index (χ4v) is 4.33. The number of carbonyl (C=O) groups is 2. The number of nitriles is 1. The predicted molar refractivity (Wildman–Crippen MR) is 120 cm³/mol. The Labute approximate surface area is 189 Å². The van der Waals surface area contributed by atoms with E-state index in [1.165, 1.54) is 14.2 Å². The smallest absolute Gasteiger partial charge is 0.234 e. The van der Waals surface area contributed by atoms with Gasteiger partial charge in [-0.25, -0.2) is 0 Å². The molecule has 0 unspecified atom stereocenters. The van der Waals surface area contributed by atoms with Crippen LogP contribution in [0, 0.1) is 11.3 Å². The molecule has 31 heavy (non-hydrogen) atoms. The number of anilines is 1. The lowest BCUT2D eigenvalue weighted by Gasteiger charge is -2.25. The highest BCUT2D eigenvalue weighted by atomic mass is 35.5. The lowest BCUT2D eigenvalue weighted by molar-refractivity contribution is -0.121. The second kappa shape index (κ2) is 10.2. The summed E-state index contributed by atoms with van der Waals surface area (Å²) in [6.07, 6.45) is 0.114. The van der Waals surface area contributed by atoms with Gasteiger partial charge in [0.15, 0.2) is 0 Å². The Morgan fingerprint density at radius 3 is 2.68 bits per heavy atom. The molecule has 0 radical (unpaired) electrons. The van der Waals surface area contributed by atoms with Crippen LogP contribution in [0.2, 0.25) is 5.02 Å². The van der Waals surface area contributed by atoms with E-state index in [4.69, 9.17) is 21.1 Å². The lowest BCUT2D eigenvalue weighted by Crippen LogP contribution is -2.31. The molecular weight excluding hydrogens is 438 g/mol. The molecule has 0 spiro atoms. The number of nitrogens with zero attached hydrogens (tertiary/aromatic N) is 1. The van der Waals surface area contributed by atoms with E-state index in [1.54, 1.807) is 42.5 Å². The van der Waals surface area contributed by atoms with Crippen LogP contribution >= 0.6 is 23.4 Å². The first-order chi connectivity index (χ1) is 15.0. The third kappa shape index (κ3) is 5.32. The van der Waals surface area contributed by atoms with Gasteiger partial charge in [0.25, 0.3) is 0 Å². The summed E-state index contributed by atoms with van der Waals surface area (Å²) < 4.78 is 10.4. The molecule has 3 rings (SSSR count). The van der Waals surface area contributed by atoms with Crippen molar-refractivity contribution >= 4 is 40.9 Å². The Hall–Kier alpha value is -3.15. The standard InChI is InChI=1S/C22H20ClN3O4S/c1-29-18-8-7-13(9-16(18)23)14-10-20(27)26-22(15(14)11-24)31-12-21(28)25-17-5-3-4-6-19(17)30-2/h3-9,14H,10,12H2,1-2H3,(H,25,28)(H,26,27)/t14-/m0/s1. The number of rotatable bonds is 7. The first kappa shape index (κ1) is 22.5. The maximum absolute atomic E-state index is 12.4. The van der Waals surface area contributed by atoms with Gasteiger partial charge >= 0.3 is 0 Å². The largest absolute Gasteiger partial charge is 0.495 e. The van der Waals surface area contributed by atoms with E-state index in [9.17, 15) is 14.9 Å². The van der Waals surface area contributed by atoms with E-state index in [2.05, 4.69) is 16.7 Å². The highest BCUT2D eigenvalue weighted by Crippen LogP contribution is 2.38. The molecule has 7 nitrogen and oxygen atoms in total. The van der Waals surface area contributed by atoms with Gasteiger partial charge in [0.2, 0.25) is 11.8 Å². The quantitative estimate of drug-likeness (QED) is 0.650. The molecule has 0 aromatic heterocycles. The minimum atomic E-state index is -0.457. The minimum Gasteiger partial charge on any atom is -0.495 e. The van der Waals surface area contributed by atoms with E-state index in [-0.39, 0.29) is 24.0 Å². The van der Waals surface area contributed by atoms with E-state index in [0.717, 1.165) is 17.3 Å². The summed E-state index contributed by atoms with van der Waals surface area (Å²) in [6, 6.07) is 14.4. The predicted octanol–water partition coefficient (Wildman–Crippen LogP) is 4.07. The molecule has 2 N–H and O–H groups in total. The number of benzene rings is 2. The Kier molecular flexibility index (Phi) is 7.45. The molecule has 1 heterocycles. The van der Waals surface area contributed by atoms with Gasteiger partial charge < -0.3 is 20.1 Å². The van der Waals surface area contributed by atoms with Gasteiger partial charge in [0.1, 0.15) is 11.5 Å². The van der Waals surface area contributed by atoms with Gasteiger partial charge in [0, 0.05) is 12.3 Å². The third-order valence-corrected chi connectivity index (χ3v) is 5.98. The van der Waals surface area contributed by atoms with Crippen molar-refractivity contribution in [2.24, 2.45) is 0 Å². The SMILES string of the molecule is COc1ccc([C@@H]2CC(=O)NC(SCC(=O)Nc3ccccc3OC)=C2C#N)cc1Cl. The lowest BCUT2D eigenvalue weighted by atomic mass is 9.87. The average molecular weight is 458 g/mol. The van der Waals surface area contributed by atoms with Crippen LogP contribution in [0.3, 0.4) is 0 Å². The van der Waals surface area contributed by atoms with Crippen molar-refractivity contribution in [2.75, 3.05) is 25.3 Å². The number of amides is 2. The Morgan fingerprint density at radius 1 is 1.26 bits per heavy atom. The van der Waals surface area contributed by atoms with Crippen LogP contribution in [-0.2, 0) is 9.59 Å². The van der Waals surface area contributed by atoms with Gasteiger partial charge in [-0.15, -0.1) is 0 Å². The van der Waals surface area contributed by atoms with Gasteiger partial charge in [-0.1, -0.05) is 41.6 Å². The molecule has 2 aromatic carbocycles. The van der Waals surface area contributed by atoms with Crippen molar-refractivity contribution in [3.63, 3.8) is 0 Å². The van der Waals surface area contributed by atoms with Gasteiger partial charge in [-0.2, -0.15) is 5.26 Å². The Bertz CT molecular complexity index is 1080. The van der Waals surface area contributed by atoms with E-state index < -0.39 is 5.92 Å². The second-order valence-electron chi connectivity index (χ2n) is 6.59. The number of methoxy groups -OCH3 is 2. The molecule has 0 saturated heterocycles. The van der Waals surface area contributed by atoms with Crippen molar-refractivity contribution in [3.05, 3.63) is 63.7 Å². The summed E-state index contributed by atoms with van der Waals surface area (Å²) in [6.45, 7) is 0. The summed E-state index contributed by atoms with van der Waals surface area (Å²) in [5.41, 5.74) is 1.66. The number of ether oxygens (including phenoxy) is 2. The molecular formula is C22H20ClN3O4S. The van der Waals surface area contributed by atoms with Crippen LogP contribution in [0.4, 0.5) is 5.69 Å². The number of nitrogens with one attached hydrogen (secondary N) is 2. The van der Waals surface area contributed by atoms with E-state index in [1.807, 2.05) is 0 Å². The van der Waals surface area contributed by atoms with Crippen LogP contribution in [0.15, 0.2) is 53.1 Å². The molecule has 0 saturated carbocycles. The number of allylic oxidation sites excluding steroid dienone is 1. The number of thioether (sulfide) groups is 1. The summed E-state index contributed by atoms with van der Waals surface area (Å²) in [5.74, 6) is 0.0826. The van der Waals surface area contributed by atoms with E-state index >= 15 is 0 Å². The molecule has 0 fully saturated rings. The van der Waals surface area contributed by atoms with Gasteiger partial charge in [-0.3, -0.25) is 9.59 Å². The van der Waals surface area contributed by atoms with Crippen LogP contribution in [0.5, 0.6) is 11.5 Å². The van der Waals surface area contributed by atoms with Crippen LogP contribution in [0.25, 0.3) is 0 Å². The molecule has 1 atom stereocenters. The number of para-hydroxylation sites is 2. The fourth-order valence-electron chi connectivity index (χ4n) is 3.19.